The summed E-state index contributed by atoms with van der Waals surface area (Å²) in [6.07, 6.45) is 4.77. The lowest BCUT2D eigenvalue weighted by Crippen LogP contribution is -2.54. The molecule has 24 heavy (non-hydrogen) atoms. The number of hydrogen-bond acceptors (Lipinski definition) is 3. The maximum absolute atomic E-state index is 12.7. The molecule has 2 aliphatic heterocycles. The highest BCUT2D eigenvalue weighted by atomic mass is 16.2. The number of rotatable bonds is 4. The molecule has 130 valence electrons. The van der Waals surface area contributed by atoms with Crippen LogP contribution in [0.25, 0.3) is 0 Å². The van der Waals surface area contributed by atoms with E-state index < -0.39 is 6.04 Å². The third-order valence-electron chi connectivity index (χ3n) is 5.12. The Morgan fingerprint density at radius 3 is 2.50 bits per heavy atom. The fourth-order valence-electron chi connectivity index (χ4n) is 3.76. The number of nitrogens with zero attached hydrogens (tertiary/aromatic N) is 2. The minimum atomic E-state index is -0.491. The Morgan fingerprint density at radius 1 is 1.08 bits per heavy atom. The van der Waals surface area contributed by atoms with Crippen molar-refractivity contribution in [2.75, 3.05) is 26.2 Å². The van der Waals surface area contributed by atoms with Crippen LogP contribution >= 0.6 is 0 Å². The van der Waals surface area contributed by atoms with Crippen molar-refractivity contribution < 1.29 is 9.59 Å². The standard InChI is InChI=1S/C19H27N3O2/c1-15(20-18(23)16-8-3-2-4-9-16)19(24)22-13-7-10-17(14-22)21-11-5-6-12-21/h2-4,8-9,15,17H,5-7,10-14H2,1H3,(H,20,23). The van der Waals surface area contributed by atoms with E-state index in [1.807, 2.05) is 23.1 Å². The molecular formula is C19H27N3O2. The monoisotopic (exact) mass is 329 g/mol. The molecule has 2 fully saturated rings. The van der Waals surface area contributed by atoms with Crippen molar-refractivity contribution >= 4 is 11.8 Å². The van der Waals surface area contributed by atoms with E-state index in [-0.39, 0.29) is 11.8 Å². The first-order chi connectivity index (χ1) is 11.6. The van der Waals surface area contributed by atoms with Gasteiger partial charge in [0, 0.05) is 24.7 Å². The molecule has 1 N–H and O–H groups in total. The maximum atomic E-state index is 12.7. The van der Waals surface area contributed by atoms with E-state index in [4.69, 9.17) is 0 Å². The van der Waals surface area contributed by atoms with Gasteiger partial charge in [-0.1, -0.05) is 18.2 Å². The van der Waals surface area contributed by atoms with Crippen LogP contribution < -0.4 is 5.32 Å². The molecule has 2 atom stereocenters. The van der Waals surface area contributed by atoms with Gasteiger partial charge in [0.05, 0.1) is 0 Å². The van der Waals surface area contributed by atoms with E-state index in [0.717, 1.165) is 32.6 Å². The van der Waals surface area contributed by atoms with E-state index in [0.29, 0.717) is 11.6 Å². The van der Waals surface area contributed by atoms with E-state index in [9.17, 15) is 9.59 Å². The fourth-order valence-corrected chi connectivity index (χ4v) is 3.76. The summed E-state index contributed by atoms with van der Waals surface area (Å²) in [5, 5.41) is 2.83. The third kappa shape index (κ3) is 3.96. The number of piperidine rings is 1. The molecule has 1 aromatic carbocycles. The molecular weight excluding hydrogens is 302 g/mol. The van der Waals surface area contributed by atoms with Crippen LogP contribution in [0.4, 0.5) is 0 Å². The highest BCUT2D eigenvalue weighted by Crippen LogP contribution is 2.20. The molecule has 2 aliphatic rings. The van der Waals surface area contributed by atoms with Crippen molar-refractivity contribution in [1.29, 1.82) is 0 Å². The summed E-state index contributed by atoms with van der Waals surface area (Å²) in [7, 11) is 0. The molecule has 0 spiro atoms. The van der Waals surface area contributed by atoms with E-state index in [1.54, 1.807) is 19.1 Å². The van der Waals surface area contributed by atoms with Gasteiger partial charge in [-0.05, 0) is 57.8 Å². The molecule has 0 aliphatic carbocycles. The zero-order valence-corrected chi connectivity index (χ0v) is 14.4. The topological polar surface area (TPSA) is 52.7 Å². The smallest absolute Gasteiger partial charge is 0.251 e. The fraction of sp³-hybridized carbons (Fsp3) is 0.579. The summed E-state index contributed by atoms with van der Waals surface area (Å²) in [5.41, 5.74) is 0.589. The van der Waals surface area contributed by atoms with E-state index >= 15 is 0 Å². The highest BCUT2D eigenvalue weighted by molar-refractivity contribution is 5.97. The number of nitrogens with one attached hydrogen (secondary N) is 1. The van der Waals surface area contributed by atoms with Gasteiger partial charge in [-0.25, -0.2) is 0 Å². The van der Waals surface area contributed by atoms with Crippen molar-refractivity contribution in [3.05, 3.63) is 35.9 Å². The van der Waals surface area contributed by atoms with Gasteiger partial charge in [-0.2, -0.15) is 0 Å². The Balaban J connectivity index is 1.55. The molecule has 0 aromatic heterocycles. The summed E-state index contributed by atoms with van der Waals surface area (Å²) < 4.78 is 0. The van der Waals surface area contributed by atoms with Gasteiger partial charge in [-0.15, -0.1) is 0 Å². The average Bonchev–Trinajstić information content (AvgIpc) is 3.16. The lowest BCUT2D eigenvalue weighted by molar-refractivity contribution is -0.134. The van der Waals surface area contributed by atoms with Crippen LogP contribution in [0.15, 0.2) is 30.3 Å². The SMILES string of the molecule is CC(NC(=O)c1ccccc1)C(=O)N1CCCC(N2CCCC2)C1. The van der Waals surface area contributed by atoms with Crippen LogP contribution in [-0.4, -0.2) is 59.9 Å². The number of benzene rings is 1. The number of carbonyl (C=O) groups is 2. The molecule has 2 heterocycles. The second-order valence-electron chi connectivity index (χ2n) is 6.88. The molecule has 1 aromatic rings. The summed E-state index contributed by atoms with van der Waals surface area (Å²) in [6.45, 7) is 5.70. The summed E-state index contributed by atoms with van der Waals surface area (Å²) in [5.74, 6) is -0.160. The Kier molecular flexibility index (Phi) is 5.51. The number of likely N-dealkylation sites (tertiary alicyclic amines) is 2. The van der Waals surface area contributed by atoms with Gasteiger partial charge in [0.2, 0.25) is 5.91 Å². The molecule has 0 bridgehead atoms. The second-order valence-corrected chi connectivity index (χ2v) is 6.88. The second kappa shape index (κ2) is 7.79. The summed E-state index contributed by atoms with van der Waals surface area (Å²) >= 11 is 0. The Hall–Kier alpha value is -1.88. The molecule has 0 radical (unpaired) electrons. The molecule has 2 amide bonds. The Labute approximate surface area is 144 Å². The van der Waals surface area contributed by atoms with Crippen LogP contribution in [0.3, 0.4) is 0 Å². The first-order valence-corrected chi connectivity index (χ1v) is 9.04. The van der Waals surface area contributed by atoms with Crippen molar-refractivity contribution in [2.45, 2.75) is 44.7 Å². The van der Waals surface area contributed by atoms with Crippen LogP contribution in [0, 0.1) is 0 Å². The van der Waals surface area contributed by atoms with Crippen molar-refractivity contribution in [2.24, 2.45) is 0 Å². The van der Waals surface area contributed by atoms with Crippen LogP contribution in [-0.2, 0) is 4.79 Å². The Morgan fingerprint density at radius 2 is 1.79 bits per heavy atom. The minimum Gasteiger partial charge on any atom is -0.341 e. The predicted molar refractivity (Wildman–Crippen MR) is 93.8 cm³/mol. The summed E-state index contributed by atoms with van der Waals surface area (Å²) in [6, 6.07) is 9.04. The van der Waals surface area contributed by atoms with Crippen molar-refractivity contribution in [1.82, 2.24) is 15.1 Å². The molecule has 2 unspecified atom stereocenters. The van der Waals surface area contributed by atoms with E-state index in [2.05, 4.69) is 10.2 Å². The largest absolute Gasteiger partial charge is 0.341 e. The number of amides is 2. The lowest BCUT2D eigenvalue weighted by atomic mass is 10.0. The molecule has 2 saturated heterocycles. The van der Waals surface area contributed by atoms with E-state index in [1.165, 1.54) is 19.3 Å². The molecule has 0 saturated carbocycles. The Bertz CT molecular complexity index is 569. The lowest BCUT2D eigenvalue weighted by Gasteiger charge is -2.38. The van der Waals surface area contributed by atoms with Gasteiger partial charge in [-0.3, -0.25) is 14.5 Å². The number of carbonyl (C=O) groups excluding carboxylic acids is 2. The average molecular weight is 329 g/mol. The predicted octanol–water partition coefficient (Wildman–Crippen LogP) is 1.89. The maximum Gasteiger partial charge on any atom is 0.251 e. The van der Waals surface area contributed by atoms with Gasteiger partial charge in [0.15, 0.2) is 0 Å². The number of hydrogen-bond donors (Lipinski definition) is 1. The van der Waals surface area contributed by atoms with Crippen molar-refractivity contribution in [3.63, 3.8) is 0 Å². The first-order valence-electron chi connectivity index (χ1n) is 9.04. The van der Waals surface area contributed by atoms with Gasteiger partial charge in [0.1, 0.15) is 6.04 Å². The third-order valence-corrected chi connectivity index (χ3v) is 5.12. The zero-order chi connectivity index (χ0) is 16.9. The van der Waals surface area contributed by atoms with Crippen LogP contribution in [0.1, 0.15) is 43.0 Å². The molecule has 3 rings (SSSR count). The first kappa shape index (κ1) is 17.0. The minimum absolute atomic E-state index is 0.0307. The normalized spacial score (nSPS) is 23.0. The zero-order valence-electron chi connectivity index (χ0n) is 14.4. The van der Waals surface area contributed by atoms with Crippen LogP contribution in [0.5, 0.6) is 0 Å². The van der Waals surface area contributed by atoms with Gasteiger partial charge >= 0.3 is 0 Å². The molecule has 5 heteroatoms. The quantitative estimate of drug-likeness (QED) is 0.918. The van der Waals surface area contributed by atoms with Gasteiger partial charge < -0.3 is 10.2 Å². The van der Waals surface area contributed by atoms with Crippen molar-refractivity contribution in [3.8, 4) is 0 Å². The van der Waals surface area contributed by atoms with Gasteiger partial charge in [0.25, 0.3) is 5.91 Å². The molecule has 5 nitrogen and oxygen atoms in total. The highest BCUT2D eigenvalue weighted by Gasteiger charge is 2.31. The summed E-state index contributed by atoms with van der Waals surface area (Å²) in [4.78, 5) is 29.4. The van der Waals surface area contributed by atoms with Crippen LogP contribution in [0.2, 0.25) is 0 Å².